The van der Waals surface area contributed by atoms with E-state index in [9.17, 15) is 4.79 Å². The number of amides is 1. The first-order valence-corrected chi connectivity index (χ1v) is 5.47. The number of allylic oxidation sites excluding steroid dienone is 1. The lowest BCUT2D eigenvalue weighted by molar-refractivity contribution is 0.0960. The minimum atomic E-state index is -0.234. The Balaban J connectivity index is 2.77. The first-order valence-electron chi connectivity index (χ1n) is 5.09. The molecule has 0 aliphatic heterocycles. The Morgan fingerprint density at radius 2 is 2.24 bits per heavy atom. The highest BCUT2D eigenvalue weighted by Crippen LogP contribution is 2.22. The van der Waals surface area contributed by atoms with Crippen LogP contribution in [-0.2, 0) is 0 Å². The second kappa shape index (κ2) is 4.22. The minimum Gasteiger partial charge on any atom is -0.354 e. The molecule has 2 rings (SSSR count). The average Bonchev–Trinajstić information content (AvgIpc) is 2.70. The van der Waals surface area contributed by atoms with E-state index < -0.39 is 0 Å². The summed E-state index contributed by atoms with van der Waals surface area (Å²) in [4.78, 5) is 15.7. The molecular weight excluding hydrogens is 238 g/mol. The zero-order chi connectivity index (χ0) is 12.6. The average molecular weight is 250 g/mol. The Morgan fingerprint density at radius 1 is 1.53 bits per heavy atom. The number of fused-ring (bicyclic) bond motifs is 1. The number of hydrogen-bond acceptors (Lipinski definition) is 2. The highest BCUT2D eigenvalue weighted by molar-refractivity contribution is 6.31. The van der Waals surface area contributed by atoms with E-state index in [2.05, 4.69) is 16.9 Å². The van der Waals surface area contributed by atoms with Gasteiger partial charge in [-0.05, 0) is 24.6 Å². The second-order valence-electron chi connectivity index (χ2n) is 3.77. The molecule has 2 aromatic heterocycles. The van der Waals surface area contributed by atoms with Gasteiger partial charge in [-0.3, -0.25) is 9.20 Å². The zero-order valence-electron chi connectivity index (χ0n) is 9.62. The number of imidazole rings is 1. The predicted molar refractivity (Wildman–Crippen MR) is 68.3 cm³/mol. The van der Waals surface area contributed by atoms with Crippen molar-refractivity contribution in [3.05, 3.63) is 41.4 Å². The maximum absolute atomic E-state index is 11.6. The van der Waals surface area contributed by atoms with Crippen LogP contribution in [0.4, 0.5) is 0 Å². The molecule has 0 aliphatic rings. The molecule has 0 spiro atoms. The Hall–Kier alpha value is -1.81. The Labute approximate surface area is 104 Å². The number of carbonyl (C=O) groups is 1. The second-order valence-corrected chi connectivity index (χ2v) is 4.20. The van der Waals surface area contributed by atoms with Crippen molar-refractivity contribution in [3.8, 4) is 0 Å². The molecule has 0 aliphatic carbocycles. The van der Waals surface area contributed by atoms with E-state index in [0.29, 0.717) is 16.2 Å². The van der Waals surface area contributed by atoms with Crippen LogP contribution in [0.1, 0.15) is 23.1 Å². The topological polar surface area (TPSA) is 46.4 Å². The first kappa shape index (κ1) is 11.7. The van der Waals surface area contributed by atoms with Crippen LogP contribution in [-0.4, -0.2) is 22.3 Å². The number of pyridine rings is 1. The van der Waals surface area contributed by atoms with E-state index in [-0.39, 0.29) is 5.91 Å². The maximum Gasteiger partial charge on any atom is 0.271 e. The number of hydrogen-bond donors (Lipinski definition) is 1. The molecule has 1 amide bonds. The van der Waals surface area contributed by atoms with Crippen LogP contribution in [0.2, 0.25) is 5.02 Å². The molecule has 4 nitrogen and oxygen atoms in total. The summed E-state index contributed by atoms with van der Waals surface area (Å²) in [5, 5.41) is 3.10. The third kappa shape index (κ3) is 1.91. The molecule has 0 saturated carbocycles. The van der Waals surface area contributed by atoms with Gasteiger partial charge in [-0.15, -0.1) is 0 Å². The molecule has 0 fully saturated rings. The third-order valence-electron chi connectivity index (χ3n) is 2.49. The van der Waals surface area contributed by atoms with Crippen molar-refractivity contribution in [2.24, 2.45) is 0 Å². The fourth-order valence-electron chi connectivity index (χ4n) is 1.68. The van der Waals surface area contributed by atoms with Gasteiger partial charge in [0.15, 0.2) is 5.69 Å². The summed E-state index contributed by atoms with van der Waals surface area (Å²) < 4.78 is 1.80. The molecule has 88 valence electrons. The Kier molecular flexibility index (Phi) is 2.90. The van der Waals surface area contributed by atoms with Crippen molar-refractivity contribution in [1.29, 1.82) is 0 Å². The lowest BCUT2D eigenvalue weighted by Gasteiger charge is -2.06. The van der Waals surface area contributed by atoms with E-state index in [1.807, 2.05) is 6.92 Å². The van der Waals surface area contributed by atoms with Crippen LogP contribution in [0.3, 0.4) is 0 Å². The van der Waals surface area contributed by atoms with Crippen LogP contribution in [0.5, 0.6) is 0 Å². The maximum atomic E-state index is 11.6. The van der Waals surface area contributed by atoms with Crippen LogP contribution >= 0.6 is 11.6 Å². The van der Waals surface area contributed by atoms with Gasteiger partial charge in [0.05, 0.1) is 11.2 Å². The molecule has 17 heavy (non-hydrogen) atoms. The fraction of sp³-hybridized carbons (Fsp3) is 0.167. The summed E-state index contributed by atoms with van der Waals surface area (Å²) in [5.74, 6) is -0.234. The highest BCUT2D eigenvalue weighted by Gasteiger charge is 2.14. The normalized spacial score (nSPS) is 10.5. The molecule has 0 unspecified atom stereocenters. The fourth-order valence-corrected chi connectivity index (χ4v) is 1.89. The van der Waals surface area contributed by atoms with Gasteiger partial charge in [-0.25, -0.2) is 4.98 Å². The Bertz CT molecular complexity index is 615. The van der Waals surface area contributed by atoms with Crippen molar-refractivity contribution in [2.45, 2.75) is 6.92 Å². The number of rotatable bonds is 2. The molecular formula is C12H12ClN3O. The summed E-state index contributed by atoms with van der Waals surface area (Å²) in [6, 6.07) is 3.51. The van der Waals surface area contributed by atoms with Crippen molar-refractivity contribution in [1.82, 2.24) is 14.7 Å². The highest BCUT2D eigenvalue weighted by atomic mass is 35.5. The van der Waals surface area contributed by atoms with Crippen LogP contribution in [0.15, 0.2) is 25.0 Å². The van der Waals surface area contributed by atoms with Gasteiger partial charge in [-0.1, -0.05) is 18.2 Å². The molecule has 1 N–H and O–H groups in total. The monoisotopic (exact) mass is 249 g/mol. The Morgan fingerprint density at radius 3 is 2.82 bits per heavy atom. The SMILES string of the molecule is C=C(C)c1cc(Cl)cc2c(C(=O)NC)ncn12. The van der Waals surface area contributed by atoms with Gasteiger partial charge in [0.25, 0.3) is 5.91 Å². The number of nitrogens with zero attached hydrogens (tertiary/aromatic N) is 2. The smallest absolute Gasteiger partial charge is 0.271 e. The van der Waals surface area contributed by atoms with Gasteiger partial charge < -0.3 is 5.32 Å². The largest absolute Gasteiger partial charge is 0.354 e. The molecule has 5 heteroatoms. The molecule has 0 atom stereocenters. The summed E-state index contributed by atoms with van der Waals surface area (Å²) in [6.45, 7) is 5.76. The number of aromatic nitrogens is 2. The quantitative estimate of drug-likeness (QED) is 0.888. The third-order valence-corrected chi connectivity index (χ3v) is 2.71. The van der Waals surface area contributed by atoms with Crippen molar-refractivity contribution in [3.63, 3.8) is 0 Å². The van der Waals surface area contributed by atoms with Crippen molar-refractivity contribution < 1.29 is 4.79 Å². The number of halogens is 1. The molecule has 0 aromatic carbocycles. The van der Waals surface area contributed by atoms with Crippen LogP contribution < -0.4 is 5.32 Å². The van der Waals surface area contributed by atoms with E-state index in [1.165, 1.54) is 0 Å². The van der Waals surface area contributed by atoms with Crippen molar-refractivity contribution in [2.75, 3.05) is 7.05 Å². The van der Waals surface area contributed by atoms with Crippen LogP contribution in [0, 0.1) is 0 Å². The zero-order valence-corrected chi connectivity index (χ0v) is 10.4. The van der Waals surface area contributed by atoms with Crippen LogP contribution in [0.25, 0.3) is 11.1 Å². The van der Waals surface area contributed by atoms with Gasteiger partial charge in [-0.2, -0.15) is 0 Å². The summed E-state index contributed by atoms with van der Waals surface area (Å²) in [7, 11) is 1.57. The first-order chi connectivity index (χ1) is 8.04. The van der Waals surface area contributed by atoms with E-state index >= 15 is 0 Å². The molecule has 2 heterocycles. The van der Waals surface area contributed by atoms with E-state index in [0.717, 1.165) is 11.3 Å². The van der Waals surface area contributed by atoms with Gasteiger partial charge in [0.2, 0.25) is 0 Å². The van der Waals surface area contributed by atoms with Gasteiger partial charge >= 0.3 is 0 Å². The summed E-state index contributed by atoms with van der Waals surface area (Å²) >= 11 is 6.03. The molecule has 0 bridgehead atoms. The van der Waals surface area contributed by atoms with E-state index in [4.69, 9.17) is 11.6 Å². The minimum absolute atomic E-state index is 0.234. The summed E-state index contributed by atoms with van der Waals surface area (Å²) in [5.41, 5.74) is 2.74. The molecule has 2 aromatic rings. The standard InChI is InChI=1S/C12H12ClN3O/c1-7(2)9-4-8(13)5-10-11(12(17)14-3)15-6-16(9)10/h4-6H,1H2,2-3H3,(H,14,17). The lowest BCUT2D eigenvalue weighted by Crippen LogP contribution is -2.18. The summed E-state index contributed by atoms with van der Waals surface area (Å²) in [6.07, 6.45) is 1.60. The lowest BCUT2D eigenvalue weighted by atomic mass is 10.2. The number of nitrogens with one attached hydrogen (secondary N) is 1. The van der Waals surface area contributed by atoms with Gasteiger partial charge in [0.1, 0.15) is 6.33 Å². The molecule has 0 radical (unpaired) electrons. The van der Waals surface area contributed by atoms with Gasteiger partial charge in [0, 0.05) is 12.1 Å². The predicted octanol–water partition coefficient (Wildman–Crippen LogP) is 2.38. The number of carbonyl (C=O) groups excluding carboxylic acids is 1. The molecule has 0 saturated heterocycles. The van der Waals surface area contributed by atoms with E-state index in [1.54, 1.807) is 29.9 Å². The van der Waals surface area contributed by atoms with Crippen molar-refractivity contribution >= 4 is 28.6 Å².